The molecule has 0 unspecified atom stereocenters. The third kappa shape index (κ3) is 4.15. The van der Waals surface area contributed by atoms with Crippen LogP contribution in [0, 0.1) is 0 Å². The van der Waals surface area contributed by atoms with Crippen LogP contribution in [-0.4, -0.2) is 40.2 Å². The number of fused-ring (bicyclic) bond motifs is 1. The third-order valence-corrected chi connectivity index (χ3v) is 10.5. The Hall–Kier alpha value is -2.58. The molecule has 0 aliphatic heterocycles. The lowest BCUT2D eigenvalue weighted by atomic mass is 10.1. The van der Waals surface area contributed by atoms with Crippen molar-refractivity contribution in [2.45, 2.75) is 58.3 Å². The van der Waals surface area contributed by atoms with Crippen LogP contribution in [0.5, 0.6) is 0 Å². The third-order valence-electron chi connectivity index (χ3n) is 5.98. The Kier molecular flexibility index (Phi) is 5.59. The number of nitrogen functional groups attached to an aromatic ring is 1. The zero-order chi connectivity index (χ0) is 22.3. The average molecular weight is 426 g/mol. The second-order valence-corrected chi connectivity index (χ2v) is 14.7. The average Bonchev–Trinajstić information content (AvgIpc) is 3.06. The Morgan fingerprint density at radius 3 is 2.47 bits per heavy atom. The number of carbonyl (C=O) groups is 1. The number of hydrogen-bond acceptors (Lipinski definition) is 6. The van der Waals surface area contributed by atoms with Crippen molar-refractivity contribution in [1.82, 2.24) is 19.5 Å². The molecule has 30 heavy (non-hydrogen) atoms. The molecule has 0 fully saturated rings. The molecule has 3 heterocycles. The van der Waals surface area contributed by atoms with E-state index in [1.165, 1.54) is 18.7 Å². The minimum atomic E-state index is -1.92. The van der Waals surface area contributed by atoms with Gasteiger partial charge in [0.1, 0.15) is 12.0 Å². The zero-order valence-electron chi connectivity index (χ0n) is 18.9. The molecule has 7 nitrogen and oxygen atoms in total. The van der Waals surface area contributed by atoms with Crippen LogP contribution >= 0.6 is 0 Å². The van der Waals surface area contributed by atoms with Crippen LogP contribution in [0.25, 0.3) is 11.0 Å². The molecule has 0 bridgehead atoms. The van der Waals surface area contributed by atoms with E-state index in [1.807, 2.05) is 10.8 Å². The Labute approximate surface area is 178 Å². The summed E-state index contributed by atoms with van der Waals surface area (Å²) in [5.74, 6) is -0.158. The van der Waals surface area contributed by atoms with E-state index in [9.17, 15) is 4.79 Å². The quantitative estimate of drug-likeness (QED) is 0.464. The van der Waals surface area contributed by atoms with Crippen molar-refractivity contribution in [1.29, 1.82) is 0 Å². The Bertz CT molecular complexity index is 1080. The van der Waals surface area contributed by atoms with Gasteiger partial charge in [0.25, 0.3) is 0 Å². The van der Waals surface area contributed by atoms with Crippen molar-refractivity contribution >= 4 is 30.8 Å². The fourth-order valence-electron chi connectivity index (χ4n) is 2.99. The van der Waals surface area contributed by atoms with Crippen LogP contribution in [0.3, 0.4) is 0 Å². The first-order chi connectivity index (χ1) is 13.8. The summed E-state index contributed by atoms with van der Waals surface area (Å²) in [6.45, 7) is 15.9. The van der Waals surface area contributed by atoms with Crippen LogP contribution in [0.15, 0.2) is 37.2 Å². The Morgan fingerprint density at radius 2 is 1.83 bits per heavy atom. The number of pyridine rings is 1. The van der Waals surface area contributed by atoms with Gasteiger partial charge in [0.15, 0.2) is 14.1 Å². The van der Waals surface area contributed by atoms with Crippen molar-refractivity contribution in [2.75, 3.05) is 12.3 Å². The highest BCUT2D eigenvalue weighted by atomic mass is 28.4. The SMILES string of the molecule is CC(C)(CO[Si](C)(C)C(C)(C)C)n1cc(C(=O)c2cncc(N)c2)c2cncnc21. The highest BCUT2D eigenvalue weighted by Gasteiger charge is 2.39. The van der Waals surface area contributed by atoms with E-state index >= 15 is 0 Å². The Balaban J connectivity index is 2.02. The first-order valence-electron chi connectivity index (χ1n) is 10.0. The van der Waals surface area contributed by atoms with E-state index < -0.39 is 13.9 Å². The van der Waals surface area contributed by atoms with E-state index in [2.05, 4.69) is 62.7 Å². The minimum Gasteiger partial charge on any atom is -0.414 e. The first-order valence-corrected chi connectivity index (χ1v) is 12.9. The highest BCUT2D eigenvalue weighted by molar-refractivity contribution is 6.74. The first kappa shape index (κ1) is 22.1. The lowest BCUT2D eigenvalue weighted by molar-refractivity contribution is 0.103. The summed E-state index contributed by atoms with van der Waals surface area (Å²) in [5, 5.41) is 0.816. The van der Waals surface area contributed by atoms with Gasteiger partial charge in [-0.15, -0.1) is 0 Å². The second-order valence-electron chi connectivity index (χ2n) is 9.87. The number of anilines is 1. The largest absolute Gasteiger partial charge is 0.414 e. The van der Waals surface area contributed by atoms with Crippen LogP contribution in [0.1, 0.15) is 50.5 Å². The van der Waals surface area contributed by atoms with Crippen LogP contribution < -0.4 is 5.73 Å². The summed E-state index contributed by atoms with van der Waals surface area (Å²) in [6.07, 6.45) is 8.07. The number of rotatable bonds is 6. The summed E-state index contributed by atoms with van der Waals surface area (Å²) < 4.78 is 8.51. The molecule has 0 atom stereocenters. The monoisotopic (exact) mass is 425 g/mol. The van der Waals surface area contributed by atoms with Gasteiger partial charge in [-0.3, -0.25) is 9.78 Å². The molecule has 0 aliphatic carbocycles. The summed E-state index contributed by atoms with van der Waals surface area (Å²) in [4.78, 5) is 25.9. The van der Waals surface area contributed by atoms with Gasteiger partial charge >= 0.3 is 0 Å². The highest BCUT2D eigenvalue weighted by Crippen LogP contribution is 2.38. The Morgan fingerprint density at radius 1 is 1.13 bits per heavy atom. The van der Waals surface area contributed by atoms with E-state index in [4.69, 9.17) is 10.2 Å². The van der Waals surface area contributed by atoms with Crippen molar-refractivity contribution in [3.63, 3.8) is 0 Å². The molecular formula is C22H31N5O2Si. The molecule has 0 saturated carbocycles. The van der Waals surface area contributed by atoms with Crippen molar-refractivity contribution in [3.05, 3.63) is 48.3 Å². The van der Waals surface area contributed by atoms with E-state index in [0.29, 0.717) is 34.5 Å². The van der Waals surface area contributed by atoms with Gasteiger partial charge in [0.2, 0.25) is 0 Å². The maximum Gasteiger partial charge on any atom is 0.196 e. The van der Waals surface area contributed by atoms with Gasteiger partial charge in [-0.25, -0.2) is 9.97 Å². The topological polar surface area (TPSA) is 95.9 Å². The number of aromatic nitrogens is 4. The van der Waals surface area contributed by atoms with Crippen molar-refractivity contribution in [2.24, 2.45) is 0 Å². The smallest absolute Gasteiger partial charge is 0.196 e. The van der Waals surface area contributed by atoms with Crippen LogP contribution in [-0.2, 0) is 9.96 Å². The molecule has 3 aromatic heterocycles. The summed E-state index contributed by atoms with van der Waals surface area (Å²) in [5.41, 5.74) is 7.53. The molecule has 0 spiro atoms. The minimum absolute atomic E-state index is 0.116. The molecule has 0 radical (unpaired) electrons. The standard InChI is InChI=1S/C22H31N5O2Si/c1-21(2,3)30(6,7)29-13-22(4,5)27-12-18(17-11-25-14-26-20(17)27)19(28)15-8-16(23)10-24-9-15/h8-12,14H,13,23H2,1-7H3. The summed E-state index contributed by atoms with van der Waals surface area (Å²) in [7, 11) is -1.92. The van der Waals surface area contributed by atoms with E-state index in [1.54, 1.807) is 12.3 Å². The van der Waals surface area contributed by atoms with Crippen LogP contribution in [0.2, 0.25) is 18.1 Å². The molecule has 3 aromatic rings. The fourth-order valence-corrected chi connectivity index (χ4v) is 4.13. The normalized spacial score (nSPS) is 13.0. The summed E-state index contributed by atoms with van der Waals surface area (Å²) >= 11 is 0. The molecule has 0 saturated heterocycles. The molecule has 8 heteroatoms. The molecule has 0 amide bonds. The van der Waals surface area contributed by atoms with Gasteiger partial charge in [0, 0.05) is 35.7 Å². The number of carbonyl (C=O) groups excluding carboxylic acids is 1. The molecule has 160 valence electrons. The predicted octanol–water partition coefficient (Wildman–Crippen LogP) is 4.40. The molecule has 3 rings (SSSR count). The van der Waals surface area contributed by atoms with Crippen molar-refractivity contribution in [3.8, 4) is 0 Å². The number of hydrogen-bond donors (Lipinski definition) is 1. The fraction of sp³-hybridized carbons (Fsp3) is 0.455. The maximum atomic E-state index is 13.2. The molecule has 0 aliphatic rings. The number of nitrogens with zero attached hydrogens (tertiary/aromatic N) is 4. The van der Waals surface area contributed by atoms with Crippen molar-refractivity contribution < 1.29 is 9.22 Å². The van der Waals surface area contributed by atoms with Gasteiger partial charge in [-0.05, 0) is 38.0 Å². The predicted molar refractivity (Wildman–Crippen MR) is 122 cm³/mol. The van der Waals surface area contributed by atoms with Gasteiger partial charge < -0.3 is 14.7 Å². The van der Waals surface area contributed by atoms with Crippen LogP contribution in [0.4, 0.5) is 5.69 Å². The van der Waals surface area contributed by atoms with Gasteiger partial charge in [-0.1, -0.05) is 20.8 Å². The number of nitrogens with two attached hydrogens (primary N) is 1. The zero-order valence-corrected chi connectivity index (χ0v) is 19.9. The summed E-state index contributed by atoms with van der Waals surface area (Å²) in [6, 6.07) is 1.63. The lowest BCUT2D eigenvalue weighted by Gasteiger charge is -2.39. The van der Waals surface area contributed by atoms with E-state index in [-0.39, 0.29) is 10.8 Å². The second kappa shape index (κ2) is 7.59. The maximum absolute atomic E-state index is 13.2. The van der Waals surface area contributed by atoms with Gasteiger partial charge in [0.05, 0.1) is 23.4 Å². The molecule has 0 aromatic carbocycles. The number of ketones is 1. The van der Waals surface area contributed by atoms with E-state index in [0.717, 1.165) is 0 Å². The molecule has 2 N–H and O–H groups in total. The molecular weight excluding hydrogens is 394 g/mol. The lowest BCUT2D eigenvalue weighted by Crippen LogP contribution is -2.45. The van der Waals surface area contributed by atoms with Gasteiger partial charge in [-0.2, -0.15) is 0 Å².